The van der Waals surface area contributed by atoms with Crippen molar-refractivity contribution in [1.29, 1.82) is 0 Å². The van der Waals surface area contributed by atoms with Gasteiger partial charge >= 0.3 is 11.9 Å². The highest BCUT2D eigenvalue weighted by Gasteiger charge is 2.72. The van der Waals surface area contributed by atoms with E-state index in [1.54, 1.807) is 13.0 Å². The number of carbonyl (C=O) groups is 4. The first-order chi connectivity index (χ1) is 15.4. The van der Waals surface area contributed by atoms with Gasteiger partial charge in [-0.1, -0.05) is 25.5 Å². The summed E-state index contributed by atoms with van der Waals surface area (Å²) in [5.74, 6) is -4.25. The van der Waals surface area contributed by atoms with E-state index in [1.807, 2.05) is 13.0 Å². The second-order valence-corrected chi connectivity index (χ2v) is 10.3. The Morgan fingerprint density at radius 3 is 2.58 bits per heavy atom. The molecule has 9 heteroatoms. The molecule has 8 atom stereocenters. The minimum atomic E-state index is -2.26. The number of rotatable bonds is 5. The number of carbonyl (C=O) groups excluding carboxylic acids is 3. The van der Waals surface area contributed by atoms with Crippen LogP contribution in [0.2, 0.25) is 0 Å². The predicted octanol–water partition coefficient (Wildman–Crippen LogP) is 0.554. The van der Waals surface area contributed by atoms with Gasteiger partial charge in [-0.25, -0.2) is 0 Å². The van der Waals surface area contributed by atoms with Crippen molar-refractivity contribution in [2.45, 2.75) is 63.8 Å². The highest BCUT2D eigenvalue weighted by atomic mass is 16.6. The number of aliphatic hydroxyl groups excluding tert-OH is 2. The number of hydrogen-bond donors (Lipinski definition) is 4. The number of Topliss-reactive ketones (excluding diaryl/α,β-unsaturated/α-hetero) is 1. The molecule has 0 heterocycles. The van der Waals surface area contributed by atoms with Gasteiger partial charge in [0, 0.05) is 16.7 Å². The molecule has 180 valence electrons. The number of carboxylic acids is 1. The Balaban J connectivity index is 1.74. The highest BCUT2D eigenvalue weighted by molar-refractivity contribution is 6.01. The number of aliphatic carboxylic acids is 1. The molecular weight excluding hydrogens is 432 g/mol. The summed E-state index contributed by atoms with van der Waals surface area (Å²) >= 11 is 0. The largest absolute Gasteiger partial charge is 0.481 e. The molecule has 0 aliphatic heterocycles. The minimum absolute atomic E-state index is 0.0265. The molecule has 0 spiro atoms. The smallest absolute Gasteiger partial charge is 0.317 e. The summed E-state index contributed by atoms with van der Waals surface area (Å²) in [4.78, 5) is 47.9. The van der Waals surface area contributed by atoms with Crippen molar-refractivity contribution in [3.05, 3.63) is 23.8 Å². The zero-order valence-corrected chi connectivity index (χ0v) is 18.7. The normalized spacial score (nSPS) is 43.7. The van der Waals surface area contributed by atoms with Gasteiger partial charge in [0.05, 0.1) is 6.10 Å². The van der Waals surface area contributed by atoms with E-state index in [-0.39, 0.29) is 36.4 Å². The third-order valence-corrected chi connectivity index (χ3v) is 8.83. The first-order valence-corrected chi connectivity index (χ1v) is 11.3. The summed E-state index contributed by atoms with van der Waals surface area (Å²) in [6, 6.07) is 0. The molecule has 0 aromatic heterocycles. The van der Waals surface area contributed by atoms with Gasteiger partial charge in [0.1, 0.15) is 19.1 Å². The third kappa shape index (κ3) is 3.32. The number of aliphatic hydroxyl groups is 3. The number of ether oxygens (including phenoxy) is 1. The lowest BCUT2D eigenvalue weighted by atomic mass is 9.46. The van der Waals surface area contributed by atoms with Crippen molar-refractivity contribution >= 4 is 23.5 Å². The van der Waals surface area contributed by atoms with Crippen molar-refractivity contribution < 1.29 is 44.3 Å². The monoisotopic (exact) mass is 462 g/mol. The first-order valence-electron chi connectivity index (χ1n) is 11.3. The molecule has 4 aliphatic rings. The van der Waals surface area contributed by atoms with Crippen LogP contribution >= 0.6 is 0 Å². The summed E-state index contributed by atoms with van der Waals surface area (Å²) in [6.07, 6.45) is 3.14. The van der Waals surface area contributed by atoms with Crippen LogP contribution in [0.25, 0.3) is 0 Å². The van der Waals surface area contributed by atoms with Gasteiger partial charge in [0.2, 0.25) is 0 Å². The van der Waals surface area contributed by atoms with E-state index in [0.29, 0.717) is 12.8 Å². The van der Waals surface area contributed by atoms with Crippen molar-refractivity contribution in [2.75, 3.05) is 6.61 Å². The SMILES string of the molecule is C[C@]12C=CC(=O)C=C1CC[C@@H]1[C@@H]2[C@@H](O)C[C@@]2(C)[C@H]1C[C@@H](OC(=O)CC(=O)O)[C@]2(O)C(=O)CO. The molecule has 0 radical (unpaired) electrons. The molecular formula is C24H30O9. The van der Waals surface area contributed by atoms with Crippen LogP contribution in [0.4, 0.5) is 0 Å². The van der Waals surface area contributed by atoms with E-state index in [4.69, 9.17) is 9.84 Å². The van der Waals surface area contributed by atoms with Gasteiger partial charge in [-0.05, 0) is 49.7 Å². The summed E-state index contributed by atoms with van der Waals surface area (Å²) in [5.41, 5.74) is -3.08. The molecule has 0 aromatic carbocycles. The Bertz CT molecular complexity index is 967. The molecule has 0 unspecified atom stereocenters. The van der Waals surface area contributed by atoms with E-state index in [2.05, 4.69) is 0 Å². The topological polar surface area (TPSA) is 158 Å². The van der Waals surface area contributed by atoms with Crippen molar-refractivity contribution in [1.82, 2.24) is 0 Å². The lowest BCUT2D eigenvalue weighted by Gasteiger charge is -2.59. The maximum Gasteiger partial charge on any atom is 0.317 e. The zero-order chi connectivity index (χ0) is 24.3. The number of carboxylic acid groups (broad SMARTS) is 1. The van der Waals surface area contributed by atoms with Gasteiger partial charge in [-0.3, -0.25) is 19.2 Å². The highest BCUT2D eigenvalue weighted by Crippen LogP contribution is 2.67. The van der Waals surface area contributed by atoms with Crippen LogP contribution in [0.3, 0.4) is 0 Å². The summed E-state index contributed by atoms with van der Waals surface area (Å²) in [7, 11) is 0. The van der Waals surface area contributed by atoms with Crippen LogP contribution in [0.15, 0.2) is 23.8 Å². The lowest BCUT2D eigenvalue weighted by Crippen LogP contribution is -2.64. The molecule has 33 heavy (non-hydrogen) atoms. The molecule has 3 saturated carbocycles. The summed E-state index contributed by atoms with van der Waals surface area (Å²) < 4.78 is 5.33. The summed E-state index contributed by atoms with van der Waals surface area (Å²) in [5, 5.41) is 41.6. The number of ketones is 2. The molecule has 3 fully saturated rings. The van der Waals surface area contributed by atoms with Crippen LogP contribution in [0.1, 0.15) is 46.0 Å². The molecule has 0 amide bonds. The Morgan fingerprint density at radius 2 is 1.94 bits per heavy atom. The van der Waals surface area contributed by atoms with E-state index >= 15 is 0 Å². The fourth-order valence-electron chi connectivity index (χ4n) is 7.39. The van der Waals surface area contributed by atoms with Gasteiger partial charge in [0.15, 0.2) is 17.2 Å². The average Bonchev–Trinajstić information content (AvgIpc) is 2.94. The predicted molar refractivity (Wildman–Crippen MR) is 113 cm³/mol. The van der Waals surface area contributed by atoms with Gasteiger partial charge in [-0.15, -0.1) is 0 Å². The number of allylic oxidation sites excluding steroid dienone is 4. The Labute approximate surface area is 191 Å². The molecule has 9 nitrogen and oxygen atoms in total. The maximum atomic E-state index is 12.9. The maximum absolute atomic E-state index is 12.9. The second kappa shape index (κ2) is 7.85. The van der Waals surface area contributed by atoms with E-state index in [0.717, 1.165) is 5.57 Å². The Hall–Kier alpha value is -2.36. The molecule has 4 N–H and O–H groups in total. The van der Waals surface area contributed by atoms with Crippen molar-refractivity contribution in [2.24, 2.45) is 28.6 Å². The fraction of sp³-hybridized carbons (Fsp3) is 0.667. The van der Waals surface area contributed by atoms with Crippen LogP contribution < -0.4 is 0 Å². The zero-order valence-electron chi connectivity index (χ0n) is 18.7. The van der Waals surface area contributed by atoms with Crippen molar-refractivity contribution in [3.8, 4) is 0 Å². The first kappa shape index (κ1) is 23.8. The van der Waals surface area contributed by atoms with Crippen molar-refractivity contribution in [3.63, 3.8) is 0 Å². The minimum Gasteiger partial charge on any atom is -0.481 e. The molecule has 4 rings (SSSR count). The van der Waals surface area contributed by atoms with Gasteiger partial charge < -0.3 is 25.2 Å². The lowest BCUT2D eigenvalue weighted by molar-refractivity contribution is -0.197. The Kier molecular flexibility index (Phi) is 5.66. The number of hydrogen-bond acceptors (Lipinski definition) is 8. The van der Waals surface area contributed by atoms with Crippen LogP contribution in [0.5, 0.6) is 0 Å². The molecule has 0 bridgehead atoms. The quantitative estimate of drug-likeness (QED) is 0.338. The molecule has 4 aliphatic carbocycles. The van der Waals surface area contributed by atoms with E-state index in [1.165, 1.54) is 6.08 Å². The third-order valence-electron chi connectivity index (χ3n) is 8.83. The van der Waals surface area contributed by atoms with Crippen LogP contribution in [0, 0.1) is 28.6 Å². The second-order valence-electron chi connectivity index (χ2n) is 10.3. The van der Waals surface area contributed by atoms with Gasteiger partial charge in [0.25, 0.3) is 0 Å². The standard InChI is InChI=1S/C24H30O9/c1-22-6-5-13(26)7-12(22)3-4-14-15-8-18(33-20(31)9-19(29)30)24(32,17(28)11-25)23(15,2)10-16(27)21(14)22/h5-7,14-16,18,21,25,27,32H,3-4,8-11H2,1-2H3,(H,29,30)/t14-,15-,16-,18+,21+,22-,23-,24+/m0/s1. The van der Waals surface area contributed by atoms with Crippen LogP contribution in [-0.2, 0) is 23.9 Å². The summed E-state index contributed by atoms with van der Waals surface area (Å²) in [6.45, 7) is 2.67. The number of fused-ring (bicyclic) bond motifs is 5. The van der Waals surface area contributed by atoms with E-state index < -0.39 is 59.4 Å². The van der Waals surface area contributed by atoms with Gasteiger partial charge in [-0.2, -0.15) is 0 Å². The van der Waals surface area contributed by atoms with E-state index in [9.17, 15) is 34.5 Å². The molecule has 0 aromatic rings. The Morgan fingerprint density at radius 1 is 1.24 bits per heavy atom. The molecule has 0 saturated heterocycles. The van der Waals surface area contributed by atoms with Crippen LogP contribution in [-0.4, -0.2) is 68.3 Å². The average molecular weight is 462 g/mol. The number of esters is 1. The fourth-order valence-corrected chi connectivity index (χ4v) is 7.39.